The van der Waals surface area contributed by atoms with Gasteiger partial charge in [-0.1, -0.05) is 194 Å². The fourth-order valence-electron chi connectivity index (χ4n) is 8.74. The third-order valence-electron chi connectivity index (χ3n) is 11.6. The number of fused-ring (bicyclic) bond motifs is 4. The van der Waals surface area contributed by atoms with Crippen molar-refractivity contribution in [2.75, 3.05) is 0 Å². The summed E-state index contributed by atoms with van der Waals surface area (Å²) in [7, 11) is 0. The van der Waals surface area contributed by atoms with Crippen LogP contribution in [-0.2, 0) is 0 Å². The Morgan fingerprint density at radius 1 is 0.207 bits per heavy atom. The molecule has 0 unspecified atom stereocenters. The maximum Gasteiger partial charge on any atom is 0.0715 e. The minimum Gasteiger partial charge on any atom is -0.248 e. The Kier molecular flexibility index (Phi) is 8.23. The Balaban J connectivity index is 1.17. The van der Waals surface area contributed by atoms with Crippen molar-refractivity contribution >= 4 is 43.1 Å². The zero-order chi connectivity index (χ0) is 38.4. The SMILES string of the molecule is c1ccc(-c2ccc(-c3cc(-c4ccc5c(-c6ccc7ccccc7c6)c6ccccc6c(-c6ccc7ccccc7c6)c5c4)cc(-c4ccccc4)n3)cc2)cc1. The Bertz CT molecular complexity index is 3310. The standard InChI is InChI=1S/C57H37N/c1-3-13-38(14-4-1)41-23-27-43(28-24-41)55-37-49(36-54(58-55)42-17-5-2-6-18-42)46-31-32-52-53(35-46)57(48-30-26-40-16-8-10-20-45(40)34-48)51-22-12-11-21-50(51)56(52)47-29-25-39-15-7-9-19-44(39)33-47/h1-37H. The van der Waals surface area contributed by atoms with Crippen LogP contribution in [-0.4, -0.2) is 4.98 Å². The van der Waals surface area contributed by atoms with Crippen molar-refractivity contribution in [3.05, 3.63) is 224 Å². The molecule has 10 aromatic carbocycles. The first-order chi connectivity index (χ1) is 28.7. The highest BCUT2D eigenvalue weighted by Gasteiger charge is 2.19. The van der Waals surface area contributed by atoms with Gasteiger partial charge in [-0.3, -0.25) is 0 Å². The maximum absolute atomic E-state index is 5.28. The highest BCUT2D eigenvalue weighted by atomic mass is 14.7. The average Bonchev–Trinajstić information content (AvgIpc) is 3.30. The largest absolute Gasteiger partial charge is 0.248 e. The fraction of sp³-hybridized carbons (Fsp3) is 0. The molecule has 0 aliphatic rings. The van der Waals surface area contributed by atoms with Crippen molar-refractivity contribution in [3.8, 4) is 67.0 Å². The molecule has 0 aliphatic heterocycles. The number of aromatic nitrogens is 1. The lowest BCUT2D eigenvalue weighted by Crippen LogP contribution is -1.94. The van der Waals surface area contributed by atoms with E-state index in [4.69, 9.17) is 4.98 Å². The van der Waals surface area contributed by atoms with Crippen molar-refractivity contribution in [3.63, 3.8) is 0 Å². The lowest BCUT2D eigenvalue weighted by molar-refractivity contribution is 1.32. The summed E-state index contributed by atoms with van der Waals surface area (Å²) in [4.78, 5) is 5.28. The van der Waals surface area contributed by atoms with E-state index in [2.05, 4.69) is 224 Å². The Labute approximate surface area is 338 Å². The minimum atomic E-state index is 0.946. The van der Waals surface area contributed by atoms with Crippen LogP contribution in [0.2, 0.25) is 0 Å². The van der Waals surface area contributed by atoms with Gasteiger partial charge in [0.05, 0.1) is 11.4 Å². The number of benzene rings is 10. The van der Waals surface area contributed by atoms with E-state index in [0.717, 1.165) is 33.6 Å². The summed E-state index contributed by atoms with van der Waals surface area (Å²) in [6.45, 7) is 0. The molecular weight excluding hydrogens is 699 g/mol. The first-order valence-electron chi connectivity index (χ1n) is 19.9. The fourth-order valence-corrected chi connectivity index (χ4v) is 8.74. The molecule has 11 aromatic rings. The van der Waals surface area contributed by atoms with E-state index in [1.54, 1.807) is 0 Å². The second kappa shape index (κ2) is 14.2. The van der Waals surface area contributed by atoms with Crippen molar-refractivity contribution < 1.29 is 0 Å². The summed E-state index contributed by atoms with van der Waals surface area (Å²) in [6.07, 6.45) is 0. The molecule has 1 heteroatoms. The molecule has 0 N–H and O–H groups in total. The molecule has 0 aliphatic carbocycles. The first-order valence-corrected chi connectivity index (χ1v) is 19.9. The molecule has 0 radical (unpaired) electrons. The molecule has 1 aromatic heterocycles. The number of rotatable bonds is 6. The lowest BCUT2D eigenvalue weighted by Gasteiger charge is -2.19. The smallest absolute Gasteiger partial charge is 0.0715 e. The second-order valence-corrected chi connectivity index (χ2v) is 15.1. The van der Waals surface area contributed by atoms with Crippen LogP contribution >= 0.6 is 0 Å². The molecule has 58 heavy (non-hydrogen) atoms. The summed E-state index contributed by atoms with van der Waals surface area (Å²) in [5.74, 6) is 0. The lowest BCUT2D eigenvalue weighted by atomic mass is 9.84. The van der Waals surface area contributed by atoms with Crippen LogP contribution in [0.3, 0.4) is 0 Å². The van der Waals surface area contributed by atoms with Gasteiger partial charge in [-0.2, -0.15) is 0 Å². The van der Waals surface area contributed by atoms with Crippen molar-refractivity contribution in [1.82, 2.24) is 4.98 Å². The zero-order valence-electron chi connectivity index (χ0n) is 31.8. The third kappa shape index (κ3) is 6.02. The van der Waals surface area contributed by atoms with Crippen molar-refractivity contribution in [2.45, 2.75) is 0 Å². The van der Waals surface area contributed by atoms with Gasteiger partial charge in [0.25, 0.3) is 0 Å². The minimum absolute atomic E-state index is 0.946. The predicted octanol–water partition coefficient (Wildman–Crippen LogP) is 15.7. The zero-order valence-corrected chi connectivity index (χ0v) is 31.8. The van der Waals surface area contributed by atoms with Crippen LogP contribution in [0.1, 0.15) is 0 Å². The predicted molar refractivity (Wildman–Crippen MR) is 247 cm³/mol. The molecule has 1 heterocycles. The molecule has 0 atom stereocenters. The summed E-state index contributed by atoms with van der Waals surface area (Å²) >= 11 is 0. The van der Waals surface area contributed by atoms with E-state index in [1.165, 1.54) is 76.5 Å². The monoisotopic (exact) mass is 735 g/mol. The molecule has 11 rings (SSSR count). The summed E-state index contributed by atoms with van der Waals surface area (Å²) in [5, 5.41) is 9.90. The van der Waals surface area contributed by atoms with E-state index in [0.29, 0.717) is 0 Å². The first kappa shape index (κ1) is 33.7. The van der Waals surface area contributed by atoms with Crippen LogP contribution in [0.5, 0.6) is 0 Å². The molecule has 0 bridgehead atoms. The molecule has 1 nitrogen and oxygen atoms in total. The normalized spacial score (nSPS) is 11.4. The topological polar surface area (TPSA) is 12.9 Å². The van der Waals surface area contributed by atoms with Gasteiger partial charge in [0.1, 0.15) is 0 Å². The number of pyridine rings is 1. The Morgan fingerprint density at radius 3 is 1.19 bits per heavy atom. The van der Waals surface area contributed by atoms with Crippen LogP contribution in [0.4, 0.5) is 0 Å². The van der Waals surface area contributed by atoms with E-state index in [-0.39, 0.29) is 0 Å². The maximum atomic E-state index is 5.28. The highest BCUT2D eigenvalue weighted by molar-refractivity contribution is 6.22. The van der Waals surface area contributed by atoms with E-state index in [9.17, 15) is 0 Å². The van der Waals surface area contributed by atoms with Crippen LogP contribution < -0.4 is 0 Å². The third-order valence-corrected chi connectivity index (χ3v) is 11.6. The molecule has 0 saturated heterocycles. The van der Waals surface area contributed by atoms with E-state index >= 15 is 0 Å². The number of hydrogen-bond acceptors (Lipinski definition) is 1. The highest BCUT2D eigenvalue weighted by Crippen LogP contribution is 2.46. The number of nitrogens with zero attached hydrogens (tertiary/aromatic N) is 1. The molecule has 0 spiro atoms. The van der Waals surface area contributed by atoms with Gasteiger partial charge in [-0.05, 0) is 118 Å². The summed E-state index contributed by atoms with van der Waals surface area (Å²) in [6, 6.07) is 81.5. The van der Waals surface area contributed by atoms with Crippen molar-refractivity contribution in [2.24, 2.45) is 0 Å². The Morgan fingerprint density at radius 2 is 0.603 bits per heavy atom. The average molecular weight is 736 g/mol. The van der Waals surface area contributed by atoms with Crippen molar-refractivity contribution in [1.29, 1.82) is 0 Å². The van der Waals surface area contributed by atoms with Crippen LogP contribution in [0, 0.1) is 0 Å². The number of hydrogen-bond donors (Lipinski definition) is 0. The molecule has 0 amide bonds. The van der Waals surface area contributed by atoms with Gasteiger partial charge in [0.15, 0.2) is 0 Å². The quantitative estimate of drug-likeness (QED) is 0.155. The Hall–Kier alpha value is -7.61. The van der Waals surface area contributed by atoms with Crippen LogP contribution in [0.15, 0.2) is 224 Å². The second-order valence-electron chi connectivity index (χ2n) is 15.1. The van der Waals surface area contributed by atoms with E-state index < -0.39 is 0 Å². The van der Waals surface area contributed by atoms with Crippen LogP contribution in [0.25, 0.3) is 110 Å². The van der Waals surface area contributed by atoms with Gasteiger partial charge < -0.3 is 0 Å². The van der Waals surface area contributed by atoms with Gasteiger partial charge in [-0.15, -0.1) is 0 Å². The van der Waals surface area contributed by atoms with Gasteiger partial charge in [0, 0.05) is 11.1 Å². The van der Waals surface area contributed by atoms with Gasteiger partial charge in [-0.25, -0.2) is 4.98 Å². The summed E-state index contributed by atoms with van der Waals surface area (Å²) in [5.41, 5.74) is 13.7. The van der Waals surface area contributed by atoms with Gasteiger partial charge >= 0.3 is 0 Å². The molecular formula is C57H37N. The molecule has 0 saturated carbocycles. The van der Waals surface area contributed by atoms with Gasteiger partial charge in [0.2, 0.25) is 0 Å². The van der Waals surface area contributed by atoms with E-state index in [1.807, 2.05) is 0 Å². The summed E-state index contributed by atoms with van der Waals surface area (Å²) < 4.78 is 0. The molecule has 0 fully saturated rings. The molecule has 270 valence electrons.